The third-order valence-corrected chi connectivity index (χ3v) is 5.74. The molecule has 0 radical (unpaired) electrons. The largest absolute Gasteiger partial charge is 0.493 e. The zero-order valence-electron chi connectivity index (χ0n) is 20.3. The first-order chi connectivity index (χ1) is 16.5. The summed E-state index contributed by atoms with van der Waals surface area (Å²) in [5.74, 6) is 2.30. The van der Waals surface area contributed by atoms with Crippen LogP contribution in [0.5, 0.6) is 23.0 Å². The van der Waals surface area contributed by atoms with Crippen molar-refractivity contribution in [3.05, 3.63) is 53.6 Å². The standard InChI is InChI=1S/C26H34N2O6/c1-5-6-19-7-9-23(24(15-19)32-3)34-18-21(29)17-27-11-13-28(14-12-27)26(30)20-8-10-22(31-2)25(16-20)33-4/h5-10,15-16,21,29H,11-14,17-18H2,1-4H3/b6-5+. The number of carbonyl (C=O) groups excluding carboxylic acids is 1. The molecule has 0 spiro atoms. The molecule has 2 aromatic rings. The number of hydrogen-bond acceptors (Lipinski definition) is 7. The van der Waals surface area contributed by atoms with Gasteiger partial charge in [-0.25, -0.2) is 0 Å². The maximum absolute atomic E-state index is 12.9. The lowest BCUT2D eigenvalue weighted by atomic mass is 10.1. The van der Waals surface area contributed by atoms with Crippen molar-refractivity contribution >= 4 is 12.0 Å². The molecule has 1 aliphatic heterocycles. The van der Waals surface area contributed by atoms with E-state index in [1.165, 1.54) is 0 Å². The lowest BCUT2D eigenvalue weighted by Gasteiger charge is -2.35. The number of nitrogens with zero attached hydrogens (tertiary/aromatic N) is 2. The number of ether oxygens (including phenoxy) is 4. The first kappa shape index (κ1) is 25.4. The molecule has 34 heavy (non-hydrogen) atoms. The normalized spacial score (nSPS) is 15.3. The molecule has 8 nitrogen and oxygen atoms in total. The molecule has 3 rings (SSSR count). The van der Waals surface area contributed by atoms with Crippen LogP contribution < -0.4 is 18.9 Å². The number of aliphatic hydroxyl groups excluding tert-OH is 1. The van der Waals surface area contributed by atoms with Crippen LogP contribution in [-0.4, -0.2) is 87.6 Å². The van der Waals surface area contributed by atoms with Crippen LogP contribution >= 0.6 is 0 Å². The summed E-state index contributed by atoms with van der Waals surface area (Å²) in [5.41, 5.74) is 1.58. The molecule has 1 N–H and O–H groups in total. The fraction of sp³-hybridized carbons (Fsp3) is 0.423. The van der Waals surface area contributed by atoms with Gasteiger partial charge in [0, 0.05) is 38.3 Å². The topological polar surface area (TPSA) is 80.7 Å². The number of amides is 1. The van der Waals surface area contributed by atoms with Gasteiger partial charge >= 0.3 is 0 Å². The van der Waals surface area contributed by atoms with Gasteiger partial charge in [0.25, 0.3) is 5.91 Å². The molecule has 1 saturated heterocycles. The predicted molar refractivity (Wildman–Crippen MR) is 131 cm³/mol. The van der Waals surface area contributed by atoms with Crippen LogP contribution in [0.1, 0.15) is 22.8 Å². The summed E-state index contributed by atoms with van der Waals surface area (Å²) >= 11 is 0. The first-order valence-electron chi connectivity index (χ1n) is 11.3. The summed E-state index contributed by atoms with van der Waals surface area (Å²) in [6.07, 6.45) is 3.28. The van der Waals surface area contributed by atoms with E-state index in [4.69, 9.17) is 18.9 Å². The molecule has 0 aliphatic carbocycles. The second kappa shape index (κ2) is 12.3. The molecular formula is C26H34N2O6. The van der Waals surface area contributed by atoms with Crippen molar-refractivity contribution in [1.82, 2.24) is 9.80 Å². The van der Waals surface area contributed by atoms with Gasteiger partial charge in [0.05, 0.1) is 21.3 Å². The molecule has 0 aromatic heterocycles. The van der Waals surface area contributed by atoms with E-state index < -0.39 is 6.10 Å². The fourth-order valence-electron chi connectivity index (χ4n) is 3.92. The van der Waals surface area contributed by atoms with E-state index in [9.17, 15) is 9.90 Å². The Kier molecular flexibility index (Phi) is 9.18. The number of piperazine rings is 1. The Morgan fingerprint density at radius 2 is 1.59 bits per heavy atom. The molecule has 1 fully saturated rings. The summed E-state index contributed by atoms with van der Waals surface area (Å²) in [5, 5.41) is 10.5. The molecule has 184 valence electrons. The average Bonchev–Trinajstić information content (AvgIpc) is 2.87. The SMILES string of the molecule is C/C=C/c1ccc(OCC(O)CN2CCN(C(=O)c3ccc(OC)c(OC)c3)CC2)c(OC)c1. The Morgan fingerprint density at radius 3 is 2.24 bits per heavy atom. The average molecular weight is 471 g/mol. The van der Waals surface area contributed by atoms with Crippen LogP contribution in [0.4, 0.5) is 0 Å². The van der Waals surface area contributed by atoms with E-state index in [1.807, 2.05) is 42.2 Å². The monoisotopic (exact) mass is 470 g/mol. The second-order valence-corrected chi connectivity index (χ2v) is 8.04. The summed E-state index contributed by atoms with van der Waals surface area (Å²) < 4.78 is 21.8. The van der Waals surface area contributed by atoms with E-state index >= 15 is 0 Å². The lowest BCUT2D eigenvalue weighted by Crippen LogP contribution is -2.51. The van der Waals surface area contributed by atoms with E-state index in [1.54, 1.807) is 39.5 Å². The number of allylic oxidation sites excluding steroid dienone is 1. The number of benzene rings is 2. The molecule has 1 aliphatic rings. The minimum Gasteiger partial charge on any atom is -0.493 e. The Bertz CT molecular complexity index is 985. The van der Waals surface area contributed by atoms with Gasteiger partial charge in [-0.2, -0.15) is 0 Å². The number of methoxy groups -OCH3 is 3. The molecular weight excluding hydrogens is 436 g/mol. The molecule has 1 atom stereocenters. The van der Waals surface area contributed by atoms with Crippen molar-refractivity contribution in [3.8, 4) is 23.0 Å². The highest BCUT2D eigenvalue weighted by molar-refractivity contribution is 5.95. The van der Waals surface area contributed by atoms with Crippen molar-refractivity contribution in [2.75, 3.05) is 60.7 Å². The highest BCUT2D eigenvalue weighted by Gasteiger charge is 2.24. The van der Waals surface area contributed by atoms with E-state index in [0.29, 0.717) is 61.3 Å². The van der Waals surface area contributed by atoms with Crippen LogP contribution in [0.3, 0.4) is 0 Å². The van der Waals surface area contributed by atoms with Crippen molar-refractivity contribution in [1.29, 1.82) is 0 Å². The quantitative estimate of drug-likeness (QED) is 0.572. The van der Waals surface area contributed by atoms with Crippen LogP contribution in [-0.2, 0) is 0 Å². The van der Waals surface area contributed by atoms with Gasteiger partial charge in [-0.3, -0.25) is 9.69 Å². The zero-order chi connectivity index (χ0) is 24.5. The lowest BCUT2D eigenvalue weighted by molar-refractivity contribution is 0.0400. The van der Waals surface area contributed by atoms with E-state index in [-0.39, 0.29) is 12.5 Å². The summed E-state index contributed by atoms with van der Waals surface area (Å²) in [4.78, 5) is 16.9. The number of aliphatic hydroxyl groups is 1. The summed E-state index contributed by atoms with van der Waals surface area (Å²) in [7, 11) is 4.71. The third-order valence-electron chi connectivity index (χ3n) is 5.74. The number of rotatable bonds is 10. The molecule has 1 unspecified atom stereocenters. The minimum absolute atomic E-state index is 0.0436. The van der Waals surface area contributed by atoms with Crippen LogP contribution in [0, 0.1) is 0 Å². The number of carbonyl (C=O) groups is 1. The molecule has 0 bridgehead atoms. The van der Waals surface area contributed by atoms with Gasteiger partial charge in [-0.15, -0.1) is 0 Å². The number of β-amino-alcohol motifs (C(OH)–C–C–N with tert-alkyl or cyclic N) is 1. The van der Waals surface area contributed by atoms with E-state index in [2.05, 4.69) is 4.90 Å². The van der Waals surface area contributed by atoms with E-state index in [0.717, 1.165) is 5.56 Å². The molecule has 2 aromatic carbocycles. The van der Waals surface area contributed by atoms with Crippen molar-refractivity contribution in [2.45, 2.75) is 13.0 Å². The molecule has 0 saturated carbocycles. The Balaban J connectivity index is 1.48. The first-order valence-corrected chi connectivity index (χ1v) is 11.3. The Labute approximate surface area is 201 Å². The van der Waals surface area contributed by atoms with Gasteiger partial charge in [0.15, 0.2) is 23.0 Å². The van der Waals surface area contributed by atoms with Crippen LogP contribution in [0.2, 0.25) is 0 Å². The maximum Gasteiger partial charge on any atom is 0.254 e. The smallest absolute Gasteiger partial charge is 0.254 e. The molecule has 8 heteroatoms. The highest BCUT2D eigenvalue weighted by atomic mass is 16.5. The Morgan fingerprint density at radius 1 is 0.941 bits per heavy atom. The summed E-state index contributed by atoms with van der Waals surface area (Å²) in [6.45, 7) is 5.11. The minimum atomic E-state index is -0.659. The van der Waals surface area contributed by atoms with Gasteiger partial charge in [-0.1, -0.05) is 18.2 Å². The van der Waals surface area contributed by atoms with Gasteiger partial charge in [0.2, 0.25) is 0 Å². The van der Waals surface area contributed by atoms with Crippen molar-refractivity contribution in [2.24, 2.45) is 0 Å². The van der Waals surface area contributed by atoms with Gasteiger partial charge in [0.1, 0.15) is 12.7 Å². The molecule has 1 heterocycles. The van der Waals surface area contributed by atoms with Crippen LogP contribution in [0.15, 0.2) is 42.5 Å². The number of hydrogen-bond donors (Lipinski definition) is 1. The molecule has 1 amide bonds. The van der Waals surface area contributed by atoms with Gasteiger partial charge in [-0.05, 0) is 42.8 Å². The van der Waals surface area contributed by atoms with Crippen LogP contribution in [0.25, 0.3) is 6.08 Å². The summed E-state index contributed by atoms with van der Waals surface area (Å²) in [6, 6.07) is 10.9. The highest BCUT2D eigenvalue weighted by Crippen LogP contribution is 2.29. The second-order valence-electron chi connectivity index (χ2n) is 8.04. The van der Waals surface area contributed by atoms with Crippen molar-refractivity contribution < 1.29 is 28.8 Å². The maximum atomic E-state index is 12.9. The third kappa shape index (κ3) is 6.42. The van der Waals surface area contributed by atoms with Crippen molar-refractivity contribution in [3.63, 3.8) is 0 Å². The predicted octanol–water partition coefficient (Wildman–Crippen LogP) is 2.94. The van der Waals surface area contributed by atoms with Gasteiger partial charge < -0.3 is 29.0 Å². The fourth-order valence-corrected chi connectivity index (χ4v) is 3.92. The zero-order valence-corrected chi connectivity index (χ0v) is 20.3. The Hall–Kier alpha value is -3.23.